The van der Waals surface area contributed by atoms with Gasteiger partial charge in [0.15, 0.2) is 5.13 Å². The number of thiophene rings is 1. The number of nitrogen functional groups attached to an aromatic ring is 1. The average Bonchev–Trinajstić information content (AvgIpc) is 3.16. The Kier molecular flexibility index (Phi) is 4.21. The number of anilines is 2. The Hall–Kier alpha value is -1.99. The molecule has 0 radical (unpaired) electrons. The van der Waals surface area contributed by atoms with Crippen molar-refractivity contribution in [3.63, 3.8) is 0 Å². The number of thiazole rings is 1. The number of hydrogen-bond donors (Lipinski definition) is 2. The van der Waals surface area contributed by atoms with Gasteiger partial charge in [0, 0.05) is 16.5 Å². The Morgan fingerprint density at radius 3 is 3.00 bits per heavy atom. The number of pyridine rings is 1. The van der Waals surface area contributed by atoms with Crippen molar-refractivity contribution in [2.75, 3.05) is 11.1 Å². The highest BCUT2D eigenvalue weighted by atomic mass is 32.1. The summed E-state index contributed by atoms with van der Waals surface area (Å²) in [5, 5.41) is 6.24. The molecule has 3 heterocycles. The Balaban J connectivity index is 1.69. The van der Waals surface area contributed by atoms with Crippen LogP contribution >= 0.6 is 22.7 Å². The number of fused-ring (bicyclic) bond motifs is 2. The number of carbonyl (C=O) groups is 1. The minimum Gasteiger partial charge on any atom is -0.397 e. The van der Waals surface area contributed by atoms with Gasteiger partial charge >= 0.3 is 0 Å². The number of nitrogens with one attached hydrogen (secondary N) is 1. The van der Waals surface area contributed by atoms with Crippen molar-refractivity contribution in [3.8, 4) is 0 Å². The topological polar surface area (TPSA) is 80.9 Å². The maximum absolute atomic E-state index is 12.6. The second-order valence-electron chi connectivity index (χ2n) is 6.56. The quantitative estimate of drug-likeness (QED) is 0.713. The molecule has 0 aliphatic heterocycles. The summed E-state index contributed by atoms with van der Waals surface area (Å²) in [7, 11) is 0. The number of carbonyl (C=O) groups excluding carboxylic acids is 1. The Morgan fingerprint density at radius 1 is 1.44 bits per heavy atom. The molecule has 0 aromatic carbocycles. The van der Waals surface area contributed by atoms with E-state index in [1.807, 2.05) is 12.3 Å². The molecule has 0 unspecified atom stereocenters. The first-order chi connectivity index (χ1) is 12.0. The van der Waals surface area contributed by atoms with Crippen LogP contribution in [0.2, 0.25) is 0 Å². The molecule has 1 aliphatic carbocycles. The van der Waals surface area contributed by atoms with Crippen LogP contribution in [0.25, 0.3) is 10.2 Å². The van der Waals surface area contributed by atoms with Gasteiger partial charge in [-0.3, -0.25) is 10.1 Å². The molecular weight excluding hydrogens is 352 g/mol. The summed E-state index contributed by atoms with van der Waals surface area (Å²) in [5.41, 5.74) is 10.2. The molecule has 3 aromatic heterocycles. The lowest BCUT2D eigenvalue weighted by atomic mass is 9.85. The van der Waals surface area contributed by atoms with Gasteiger partial charge in [0.2, 0.25) is 0 Å². The van der Waals surface area contributed by atoms with Crippen LogP contribution < -0.4 is 11.1 Å². The van der Waals surface area contributed by atoms with E-state index in [1.54, 1.807) is 0 Å². The molecule has 7 heteroatoms. The van der Waals surface area contributed by atoms with Crippen molar-refractivity contribution < 1.29 is 4.79 Å². The fraction of sp³-hybridized carbons (Fsp3) is 0.389. The third-order valence-corrected chi connectivity index (χ3v) is 6.80. The first-order valence-electron chi connectivity index (χ1n) is 8.49. The van der Waals surface area contributed by atoms with Crippen LogP contribution in [0.3, 0.4) is 0 Å². The highest BCUT2D eigenvalue weighted by molar-refractivity contribution is 7.21. The summed E-state index contributed by atoms with van der Waals surface area (Å²) in [6.45, 7) is 4.14. The smallest absolute Gasteiger partial charge is 0.269 e. The number of aryl methyl sites for hydroxylation is 2. The van der Waals surface area contributed by atoms with E-state index < -0.39 is 0 Å². The van der Waals surface area contributed by atoms with Gasteiger partial charge in [0.25, 0.3) is 5.91 Å². The minimum absolute atomic E-state index is 0.209. The van der Waals surface area contributed by atoms with Crippen molar-refractivity contribution >= 4 is 49.6 Å². The highest BCUT2D eigenvalue weighted by Gasteiger charge is 2.23. The molecule has 5 nitrogen and oxygen atoms in total. The molecule has 3 N–H and O–H groups in total. The summed E-state index contributed by atoms with van der Waals surface area (Å²) in [5.74, 6) is 0.516. The van der Waals surface area contributed by atoms with Crippen LogP contribution in [0.1, 0.15) is 46.4 Å². The van der Waals surface area contributed by atoms with Gasteiger partial charge in [-0.2, -0.15) is 0 Å². The van der Waals surface area contributed by atoms with Gasteiger partial charge in [-0.25, -0.2) is 9.97 Å². The molecule has 0 saturated heterocycles. The van der Waals surface area contributed by atoms with Crippen LogP contribution in [0.4, 0.5) is 10.8 Å². The molecule has 1 aliphatic rings. The number of rotatable bonds is 3. The summed E-state index contributed by atoms with van der Waals surface area (Å²) >= 11 is 2.78. The maximum Gasteiger partial charge on any atom is 0.269 e. The highest BCUT2D eigenvalue weighted by Crippen LogP contribution is 2.37. The average molecular weight is 373 g/mol. The molecule has 0 fully saturated rings. The van der Waals surface area contributed by atoms with E-state index in [0.717, 1.165) is 34.7 Å². The van der Waals surface area contributed by atoms with Crippen LogP contribution in [0.5, 0.6) is 0 Å². The maximum atomic E-state index is 12.6. The van der Waals surface area contributed by atoms with E-state index in [0.29, 0.717) is 15.7 Å². The first kappa shape index (κ1) is 16.5. The Morgan fingerprint density at radius 2 is 2.28 bits per heavy atom. The fourth-order valence-electron chi connectivity index (χ4n) is 3.35. The van der Waals surface area contributed by atoms with Gasteiger partial charge < -0.3 is 5.73 Å². The van der Waals surface area contributed by atoms with E-state index in [2.05, 4.69) is 23.3 Å². The Labute approximate surface area is 154 Å². The zero-order chi connectivity index (χ0) is 17.6. The first-order valence-corrected chi connectivity index (χ1v) is 10.2. The summed E-state index contributed by atoms with van der Waals surface area (Å²) in [4.78, 5) is 23.0. The molecule has 130 valence electrons. The van der Waals surface area contributed by atoms with Gasteiger partial charge in [0.05, 0.1) is 11.4 Å². The standard InChI is InChI=1S/C18H20N4OS2/c1-3-10-4-5-13-11(6-10)7-12-14(19)15(25-17(12)21-13)16(23)22-18-20-9(2)8-24-18/h7-8,10H,3-6,19H2,1-2H3,(H,20,22,23)/t10-/m0/s1. The molecule has 3 aromatic rings. The zero-order valence-electron chi connectivity index (χ0n) is 14.3. The predicted octanol–water partition coefficient (Wildman–Crippen LogP) is 4.41. The Bertz CT molecular complexity index is 960. The molecular formula is C18H20N4OS2. The van der Waals surface area contributed by atoms with Crippen molar-refractivity contribution in [1.29, 1.82) is 0 Å². The summed E-state index contributed by atoms with van der Waals surface area (Å²) in [6, 6.07) is 2.15. The lowest BCUT2D eigenvalue weighted by molar-refractivity contribution is 0.103. The van der Waals surface area contributed by atoms with Crippen LogP contribution in [0, 0.1) is 12.8 Å². The molecule has 0 bridgehead atoms. The predicted molar refractivity (Wildman–Crippen MR) is 105 cm³/mol. The number of hydrogen-bond acceptors (Lipinski definition) is 6. The summed E-state index contributed by atoms with van der Waals surface area (Å²) in [6.07, 6.45) is 4.46. The molecule has 0 saturated carbocycles. The number of amides is 1. The largest absolute Gasteiger partial charge is 0.397 e. The number of nitrogens with zero attached hydrogens (tertiary/aromatic N) is 2. The van der Waals surface area contributed by atoms with Crippen molar-refractivity contribution in [1.82, 2.24) is 9.97 Å². The summed E-state index contributed by atoms with van der Waals surface area (Å²) < 4.78 is 0. The van der Waals surface area contributed by atoms with E-state index in [9.17, 15) is 4.79 Å². The number of aromatic nitrogens is 2. The van der Waals surface area contributed by atoms with E-state index in [-0.39, 0.29) is 5.91 Å². The third kappa shape index (κ3) is 3.02. The lowest BCUT2D eigenvalue weighted by Crippen LogP contribution is -2.14. The van der Waals surface area contributed by atoms with Gasteiger partial charge in [-0.15, -0.1) is 22.7 Å². The van der Waals surface area contributed by atoms with Gasteiger partial charge in [-0.1, -0.05) is 13.3 Å². The molecule has 1 amide bonds. The molecule has 0 spiro atoms. The van der Waals surface area contributed by atoms with E-state index in [4.69, 9.17) is 10.7 Å². The minimum atomic E-state index is -0.209. The third-order valence-electron chi connectivity index (χ3n) is 4.81. The van der Waals surface area contributed by atoms with Crippen LogP contribution in [-0.2, 0) is 12.8 Å². The monoisotopic (exact) mass is 372 g/mol. The van der Waals surface area contributed by atoms with Crippen LogP contribution in [-0.4, -0.2) is 15.9 Å². The van der Waals surface area contributed by atoms with Crippen molar-refractivity contribution in [2.45, 2.75) is 39.5 Å². The second kappa shape index (κ2) is 6.38. The SMILES string of the molecule is CC[C@H]1CCc2nc3sc(C(=O)Nc4nc(C)cs4)c(N)c3cc2C1. The number of nitrogens with two attached hydrogens (primary N) is 1. The fourth-order valence-corrected chi connectivity index (χ4v) is 5.02. The normalized spacial score (nSPS) is 16.8. The van der Waals surface area contributed by atoms with E-state index in [1.165, 1.54) is 46.8 Å². The van der Waals surface area contributed by atoms with Gasteiger partial charge in [-0.05, 0) is 43.7 Å². The van der Waals surface area contributed by atoms with Crippen LogP contribution in [0.15, 0.2) is 11.4 Å². The zero-order valence-corrected chi connectivity index (χ0v) is 15.9. The van der Waals surface area contributed by atoms with Gasteiger partial charge in [0.1, 0.15) is 9.71 Å². The molecule has 1 atom stereocenters. The van der Waals surface area contributed by atoms with Crippen molar-refractivity contribution in [2.24, 2.45) is 5.92 Å². The molecule has 4 rings (SSSR count). The van der Waals surface area contributed by atoms with E-state index >= 15 is 0 Å². The molecule has 25 heavy (non-hydrogen) atoms. The lowest BCUT2D eigenvalue weighted by Gasteiger charge is -2.22. The van der Waals surface area contributed by atoms with Crippen molar-refractivity contribution in [3.05, 3.63) is 33.3 Å². The second-order valence-corrected chi connectivity index (χ2v) is 8.41.